The Balaban J connectivity index is 2.21. The number of rotatable bonds is 5. The van der Waals surface area contributed by atoms with Crippen LogP contribution in [0.25, 0.3) is 0 Å². The number of benzene rings is 1. The van der Waals surface area contributed by atoms with Gasteiger partial charge in [-0.15, -0.1) is 0 Å². The number of hydrogen-bond acceptors (Lipinski definition) is 5. The molecule has 1 aromatic carbocycles. The van der Waals surface area contributed by atoms with Gasteiger partial charge < -0.3 is 14.5 Å². The van der Waals surface area contributed by atoms with E-state index in [4.69, 9.17) is 4.74 Å². The Labute approximate surface area is 127 Å². The molecule has 0 aromatic heterocycles. The largest absolute Gasteiger partial charge is 0.383 e. The number of ether oxygens (including phenoxy) is 1. The molecule has 22 heavy (non-hydrogen) atoms. The maximum absolute atomic E-state index is 13.4. The Morgan fingerprint density at radius 3 is 2.86 bits per heavy atom. The number of carbonyl (C=O) groups excluding carboxylic acids is 1. The zero-order valence-corrected chi connectivity index (χ0v) is 12.3. The summed E-state index contributed by atoms with van der Waals surface area (Å²) in [7, 11) is 1.56. The Morgan fingerprint density at radius 2 is 2.18 bits per heavy atom. The first-order valence-corrected chi connectivity index (χ1v) is 6.98. The lowest BCUT2D eigenvalue weighted by molar-refractivity contribution is -0.384. The van der Waals surface area contributed by atoms with Crippen molar-refractivity contribution in [2.75, 3.05) is 44.8 Å². The molecule has 0 bridgehead atoms. The number of anilines is 1. The molecule has 1 aliphatic rings. The number of nitro benzene ring substituents is 1. The van der Waals surface area contributed by atoms with Gasteiger partial charge in [-0.25, -0.2) is 4.39 Å². The van der Waals surface area contributed by atoms with Crippen LogP contribution in [0.5, 0.6) is 0 Å². The van der Waals surface area contributed by atoms with Crippen molar-refractivity contribution in [3.8, 4) is 0 Å². The summed E-state index contributed by atoms with van der Waals surface area (Å²) in [5.74, 6) is -0.707. The van der Waals surface area contributed by atoms with E-state index in [0.717, 1.165) is 18.2 Å². The summed E-state index contributed by atoms with van der Waals surface area (Å²) in [5, 5.41) is 11.1. The Bertz CT molecular complexity index is 567. The van der Waals surface area contributed by atoms with Crippen molar-refractivity contribution in [3.63, 3.8) is 0 Å². The van der Waals surface area contributed by atoms with Gasteiger partial charge in [-0.1, -0.05) is 0 Å². The van der Waals surface area contributed by atoms with Gasteiger partial charge in [0.15, 0.2) is 0 Å². The van der Waals surface area contributed by atoms with Crippen LogP contribution < -0.4 is 4.90 Å². The molecule has 0 radical (unpaired) electrons. The second-order valence-electron chi connectivity index (χ2n) is 5.04. The van der Waals surface area contributed by atoms with E-state index in [1.165, 1.54) is 0 Å². The van der Waals surface area contributed by atoms with Crippen molar-refractivity contribution >= 4 is 17.3 Å². The number of halogens is 1. The normalized spacial score (nSPS) is 15.8. The van der Waals surface area contributed by atoms with Crippen molar-refractivity contribution in [1.82, 2.24) is 4.90 Å². The highest BCUT2D eigenvalue weighted by molar-refractivity contribution is 5.83. The smallest absolute Gasteiger partial charge is 0.292 e. The van der Waals surface area contributed by atoms with Crippen LogP contribution in [0.15, 0.2) is 18.2 Å². The molecule has 1 aromatic rings. The van der Waals surface area contributed by atoms with E-state index in [9.17, 15) is 19.3 Å². The summed E-state index contributed by atoms with van der Waals surface area (Å²) in [6.45, 7) is 1.93. The van der Waals surface area contributed by atoms with Crippen LogP contribution >= 0.6 is 0 Å². The Kier molecular flexibility index (Phi) is 5.26. The minimum atomic E-state index is -0.563. The maximum Gasteiger partial charge on any atom is 0.292 e. The number of hydrogen-bond donors (Lipinski definition) is 0. The van der Waals surface area contributed by atoms with Gasteiger partial charge in [0.1, 0.15) is 11.5 Å². The first-order chi connectivity index (χ1) is 10.5. The van der Waals surface area contributed by atoms with E-state index in [-0.39, 0.29) is 23.8 Å². The predicted molar refractivity (Wildman–Crippen MR) is 78.3 cm³/mol. The summed E-state index contributed by atoms with van der Waals surface area (Å²) in [5.41, 5.74) is -0.0496. The van der Waals surface area contributed by atoms with Crippen molar-refractivity contribution in [3.05, 3.63) is 34.1 Å². The van der Waals surface area contributed by atoms with Crippen LogP contribution in [0.3, 0.4) is 0 Å². The molecule has 1 heterocycles. The monoisotopic (exact) mass is 311 g/mol. The fourth-order valence-corrected chi connectivity index (χ4v) is 2.47. The molecule has 7 nitrogen and oxygen atoms in total. The van der Waals surface area contributed by atoms with Crippen molar-refractivity contribution < 1.29 is 18.8 Å². The van der Waals surface area contributed by atoms with E-state index >= 15 is 0 Å². The lowest BCUT2D eigenvalue weighted by atomic mass is 10.2. The molecular weight excluding hydrogens is 293 g/mol. The number of nitrogens with zero attached hydrogens (tertiary/aromatic N) is 3. The van der Waals surface area contributed by atoms with Gasteiger partial charge in [-0.05, 0) is 12.5 Å². The molecule has 0 saturated carbocycles. The van der Waals surface area contributed by atoms with Gasteiger partial charge in [0.25, 0.3) is 5.69 Å². The van der Waals surface area contributed by atoms with Crippen LogP contribution in [-0.4, -0.2) is 55.6 Å². The zero-order chi connectivity index (χ0) is 16.1. The molecule has 0 N–H and O–H groups in total. The summed E-state index contributed by atoms with van der Waals surface area (Å²) < 4.78 is 18.4. The molecule has 0 atom stereocenters. The molecule has 0 unspecified atom stereocenters. The molecule has 1 amide bonds. The van der Waals surface area contributed by atoms with Crippen molar-refractivity contribution in [2.24, 2.45) is 0 Å². The third kappa shape index (κ3) is 3.70. The highest BCUT2D eigenvalue weighted by atomic mass is 19.1. The molecule has 8 heteroatoms. The van der Waals surface area contributed by atoms with Crippen LogP contribution in [0.4, 0.5) is 15.8 Å². The predicted octanol–water partition coefficient (Wildman–Crippen LogP) is 1.42. The highest BCUT2D eigenvalue weighted by Gasteiger charge is 2.26. The first kappa shape index (κ1) is 16.2. The van der Waals surface area contributed by atoms with Crippen molar-refractivity contribution in [1.29, 1.82) is 0 Å². The molecular formula is C14H18FN3O4. The van der Waals surface area contributed by atoms with E-state index < -0.39 is 10.7 Å². The summed E-state index contributed by atoms with van der Waals surface area (Å²) in [6.07, 6.45) is 0.656. The van der Waals surface area contributed by atoms with E-state index in [0.29, 0.717) is 32.7 Å². The number of nitro groups is 1. The molecule has 0 spiro atoms. The quantitative estimate of drug-likeness (QED) is 0.607. The second kappa shape index (κ2) is 7.17. The standard InChI is InChI=1S/C14H18FN3O4/c1-22-8-7-16-5-2-6-17(10-14(16)19)13-9-11(15)3-4-12(13)18(20)21/h3-4,9H,2,5-8,10H2,1H3. The lowest BCUT2D eigenvalue weighted by Crippen LogP contribution is -2.38. The first-order valence-electron chi connectivity index (χ1n) is 6.98. The summed E-state index contributed by atoms with van der Waals surface area (Å²) in [6, 6.07) is 3.28. The SMILES string of the molecule is COCCN1CCCN(c2cc(F)ccc2[N+](=O)[O-])CC1=O. The van der Waals surface area contributed by atoms with Gasteiger partial charge >= 0.3 is 0 Å². The van der Waals surface area contributed by atoms with Crippen LogP contribution in [0.1, 0.15) is 6.42 Å². The van der Waals surface area contributed by atoms with Gasteiger partial charge in [0.2, 0.25) is 5.91 Å². The fourth-order valence-electron chi connectivity index (χ4n) is 2.47. The van der Waals surface area contributed by atoms with E-state index in [1.807, 2.05) is 0 Å². The third-order valence-corrected chi connectivity index (χ3v) is 3.58. The third-order valence-electron chi connectivity index (χ3n) is 3.58. The van der Waals surface area contributed by atoms with Crippen LogP contribution in [0.2, 0.25) is 0 Å². The van der Waals surface area contributed by atoms with E-state index in [1.54, 1.807) is 16.9 Å². The Hall–Kier alpha value is -2.22. The minimum absolute atomic E-state index is 0.00594. The van der Waals surface area contributed by atoms with Crippen molar-refractivity contribution in [2.45, 2.75) is 6.42 Å². The summed E-state index contributed by atoms with van der Waals surface area (Å²) >= 11 is 0. The average Bonchev–Trinajstić information content (AvgIpc) is 2.66. The van der Waals surface area contributed by atoms with Gasteiger partial charge in [-0.2, -0.15) is 0 Å². The van der Waals surface area contributed by atoms with Crippen LogP contribution in [0, 0.1) is 15.9 Å². The topological polar surface area (TPSA) is 75.9 Å². The average molecular weight is 311 g/mol. The number of methoxy groups -OCH3 is 1. The van der Waals surface area contributed by atoms with E-state index in [2.05, 4.69) is 0 Å². The second-order valence-corrected chi connectivity index (χ2v) is 5.04. The van der Waals surface area contributed by atoms with Gasteiger partial charge in [0.05, 0.1) is 18.1 Å². The Morgan fingerprint density at radius 1 is 1.41 bits per heavy atom. The molecule has 1 fully saturated rings. The highest BCUT2D eigenvalue weighted by Crippen LogP contribution is 2.29. The number of amides is 1. The number of carbonyl (C=O) groups is 1. The fraction of sp³-hybridized carbons (Fsp3) is 0.500. The van der Waals surface area contributed by atoms with Gasteiger partial charge in [0, 0.05) is 38.9 Å². The molecule has 0 aliphatic carbocycles. The van der Waals surface area contributed by atoms with Crippen LogP contribution in [-0.2, 0) is 9.53 Å². The molecule has 120 valence electrons. The minimum Gasteiger partial charge on any atom is -0.383 e. The lowest BCUT2D eigenvalue weighted by Gasteiger charge is -2.22. The summed E-state index contributed by atoms with van der Waals surface area (Å²) in [4.78, 5) is 26.0. The molecule has 2 rings (SSSR count). The zero-order valence-electron chi connectivity index (χ0n) is 12.3. The van der Waals surface area contributed by atoms with Gasteiger partial charge in [-0.3, -0.25) is 14.9 Å². The molecule has 1 aliphatic heterocycles. The maximum atomic E-state index is 13.4. The molecule has 1 saturated heterocycles.